The number of hydrogen-bond acceptors (Lipinski definition) is 7. The lowest BCUT2D eigenvalue weighted by Crippen LogP contribution is -2.36. The van der Waals surface area contributed by atoms with Crippen molar-refractivity contribution in [2.24, 2.45) is 5.41 Å². The molecule has 4 aromatic rings. The van der Waals surface area contributed by atoms with Gasteiger partial charge in [0.2, 0.25) is 12.7 Å². The van der Waals surface area contributed by atoms with Crippen LogP contribution in [0.4, 0.5) is 10.5 Å². The molecule has 5 rings (SSSR count). The number of rotatable bonds is 13. The van der Waals surface area contributed by atoms with E-state index >= 15 is 0 Å². The minimum Gasteiger partial charge on any atom is -0.478 e. The maximum absolute atomic E-state index is 12.5. The van der Waals surface area contributed by atoms with Gasteiger partial charge in [-0.25, -0.2) is 14.6 Å². The van der Waals surface area contributed by atoms with Gasteiger partial charge in [0, 0.05) is 23.9 Å². The Morgan fingerprint density at radius 2 is 1.69 bits per heavy atom. The summed E-state index contributed by atoms with van der Waals surface area (Å²) in [4.78, 5) is 29.3. The number of amides is 2. The summed E-state index contributed by atoms with van der Waals surface area (Å²) in [6, 6.07) is 26.3. The number of fused-ring (bicyclic) bond motifs is 1. The number of benzene rings is 3. The van der Waals surface area contributed by atoms with E-state index in [1.54, 1.807) is 31.2 Å². The normalized spacial score (nSPS) is 12.0. The first-order valence-electron chi connectivity index (χ1n) is 15.2. The van der Waals surface area contributed by atoms with E-state index in [-0.39, 0.29) is 18.2 Å². The highest BCUT2D eigenvalue weighted by atomic mass is 16.7. The zero-order valence-electron chi connectivity index (χ0n) is 25.9. The molecule has 9 heteroatoms. The minimum atomic E-state index is -0.420. The number of aromatic nitrogens is 1. The second-order valence-corrected chi connectivity index (χ2v) is 11.6. The van der Waals surface area contributed by atoms with Crippen LogP contribution in [0.3, 0.4) is 0 Å². The number of urea groups is 1. The third-order valence-electron chi connectivity index (χ3n) is 7.43. The number of hydrogen-bond donors (Lipinski definition) is 2. The number of ether oxygens (including phenoxy) is 4. The van der Waals surface area contributed by atoms with E-state index in [2.05, 4.69) is 30.5 Å². The first kappa shape index (κ1) is 31.4. The highest BCUT2D eigenvalue weighted by Crippen LogP contribution is 2.37. The van der Waals surface area contributed by atoms with Crippen molar-refractivity contribution in [3.05, 3.63) is 90.5 Å². The molecular formula is C36H39N3O6. The standard InChI is InChI=1S/C36H39N3O6/c1-4-42-34(40)27-13-10-14-29(19-27)38-35(41)37-23-36(2,3)17-8-9-18-43-33-22-28(20-30(39-33)25-11-6-5-7-12-25)26-15-16-31-32(21-26)45-24-44-31/h5-7,10-16,19-22H,4,8-9,17-18,23-24H2,1-3H3,(H2,37,38,41). The molecular weight excluding hydrogens is 570 g/mol. The molecule has 2 N–H and O–H groups in total. The summed E-state index contributed by atoms with van der Waals surface area (Å²) in [5.74, 6) is 1.61. The Morgan fingerprint density at radius 3 is 2.51 bits per heavy atom. The van der Waals surface area contributed by atoms with Gasteiger partial charge < -0.3 is 29.6 Å². The molecule has 2 heterocycles. The second kappa shape index (κ2) is 14.6. The number of carbonyl (C=O) groups excluding carboxylic acids is 2. The third kappa shape index (κ3) is 8.75. The van der Waals surface area contributed by atoms with E-state index < -0.39 is 5.97 Å². The topological polar surface area (TPSA) is 108 Å². The molecule has 3 aromatic carbocycles. The molecule has 0 radical (unpaired) electrons. The smallest absolute Gasteiger partial charge is 0.338 e. The molecule has 0 atom stereocenters. The maximum atomic E-state index is 12.5. The van der Waals surface area contributed by atoms with Gasteiger partial charge in [0.1, 0.15) is 0 Å². The van der Waals surface area contributed by atoms with E-state index in [1.165, 1.54) is 0 Å². The van der Waals surface area contributed by atoms with Gasteiger partial charge in [-0.1, -0.05) is 56.3 Å². The lowest BCUT2D eigenvalue weighted by atomic mass is 9.87. The number of esters is 1. The zero-order chi connectivity index (χ0) is 31.6. The number of carbonyl (C=O) groups is 2. The molecule has 0 aliphatic carbocycles. The lowest BCUT2D eigenvalue weighted by molar-refractivity contribution is 0.0526. The molecule has 0 unspecified atom stereocenters. The van der Waals surface area contributed by atoms with E-state index in [1.807, 2.05) is 54.6 Å². The Balaban J connectivity index is 1.12. The molecule has 2 amide bonds. The largest absolute Gasteiger partial charge is 0.478 e. The molecule has 9 nitrogen and oxygen atoms in total. The summed E-state index contributed by atoms with van der Waals surface area (Å²) in [6.45, 7) is 7.54. The Morgan fingerprint density at radius 1 is 0.867 bits per heavy atom. The third-order valence-corrected chi connectivity index (χ3v) is 7.43. The zero-order valence-corrected chi connectivity index (χ0v) is 25.9. The van der Waals surface area contributed by atoms with Gasteiger partial charge in [-0.15, -0.1) is 0 Å². The number of unbranched alkanes of at least 4 members (excludes halogenated alkanes) is 1. The molecule has 0 saturated carbocycles. The number of nitrogens with zero attached hydrogens (tertiary/aromatic N) is 1. The Bertz CT molecular complexity index is 1620. The molecule has 45 heavy (non-hydrogen) atoms. The fourth-order valence-electron chi connectivity index (χ4n) is 4.98. The quantitative estimate of drug-likeness (QED) is 0.118. The van der Waals surface area contributed by atoms with Gasteiger partial charge in [0.15, 0.2) is 11.5 Å². The van der Waals surface area contributed by atoms with Gasteiger partial charge in [-0.3, -0.25) is 0 Å². The van der Waals surface area contributed by atoms with E-state index in [9.17, 15) is 9.59 Å². The SMILES string of the molecule is CCOC(=O)c1cccc(NC(=O)NCC(C)(C)CCCCOc2cc(-c3ccc4c(c3)OCO4)cc(-c3ccccc3)n2)c1. The molecule has 234 valence electrons. The first-order valence-corrected chi connectivity index (χ1v) is 15.2. The highest BCUT2D eigenvalue weighted by molar-refractivity contribution is 5.94. The minimum absolute atomic E-state index is 0.123. The lowest BCUT2D eigenvalue weighted by Gasteiger charge is -2.25. The van der Waals surface area contributed by atoms with Crippen LogP contribution in [0.1, 0.15) is 50.4 Å². The predicted octanol–water partition coefficient (Wildman–Crippen LogP) is 7.72. The van der Waals surface area contributed by atoms with Crippen molar-refractivity contribution in [2.45, 2.75) is 40.0 Å². The van der Waals surface area contributed by atoms with Gasteiger partial charge >= 0.3 is 12.0 Å². The van der Waals surface area contributed by atoms with E-state index in [0.717, 1.165) is 53.1 Å². The van der Waals surface area contributed by atoms with Crippen LogP contribution >= 0.6 is 0 Å². The molecule has 1 aliphatic heterocycles. The number of anilines is 1. The summed E-state index contributed by atoms with van der Waals surface area (Å²) >= 11 is 0. The van der Waals surface area contributed by atoms with Crippen molar-refractivity contribution in [2.75, 3.05) is 31.9 Å². The van der Waals surface area contributed by atoms with Crippen molar-refractivity contribution in [3.8, 4) is 39.8 Å². The molecule has 1 aromatic heterocycles. The van der Waals surface area contributed by atoms with Crippen LogP contribution in [0, 0.1) is 5.41 Å². The second-order valence-electron chi connectivity index (χ2n) is 11.6. The monoisotopic (exact) mass is 609 g/mol. The Kier molecular flexibility index (Phi) is 10.2. The number of pyridine rings is 1. The van der Waals surface area contributed by atoms with Crippen LogP contribution in [0.2, 0.25) is 0 Å². The van der Waals surface area contributed by atoms with Crippen molar-refractivity contribution in [1.82, 2.24) is 10.3 Å². The van der Waals surface area contributed by atoms with Crippen LogP contribution < -0.4 is 24.8 Å². The summed E-state index contributed by atoms with van der Waals surface area (Å²) in [7, 11) is 0. The van der Waals surface area contributed by atoms with E-state index in [4.69, 9.17) is 23.9 Å². The van der Waals surface area contributed by atoms with Crippen molar-refractivity contribution < 1.29 is 28.5 Å². The van der Waals surface area contributed by atoms with Gasteiger partial charge in [-0.2, -0.15) is 0 Å². The van der Waals surface area contributed by atoms with Crippen LogP contribution in [0.25, 0.3) is 22.4 Å². The summed E-state index contributed by atoms with van der Waals surface area (Å²) in [5, 5.41) is 5.74. The van der Waals surface area contributed by atoms with Crippen LogP contribution in [-0.2, 0) is 4.74 Å². The van der Waals surface area contributed by atoms with Gasteiger partial charge in [-0.05, 0) is 79.1 Å². The average molecular weight is 610 g/mol. The Labute approximate surface area is 263 Å². The Hall–Kier alpha value is -5.05. The van der Waals surface area contributed by atoms with Crippen LogP contribution in [0.15, 0.2) is 84.9 Å². The maximum Gasteiger partial charge on any atom is 0.338 e. The number of nitrogens with one attached hydrogen (secondary N) is 2. The van der Waals surface area contributed by atoms with Gasteiger partial charge in [0.05, 0.1) is 24.5 Å². The van der Waals surface area contributed by atoms with E-state index in [0.29, 0.717) is 36.9 Å². The fourth-order valence-corrected chi connectivity index (χ4v) is 4.98. The molecule has 0 saturated heterocycles. The van der Waals surface area contributed by atoms with Crippen LogP contribution in [-0.4, -0.2) is 43.5 Å². The first-order chi connectivity index (χ1) is 21.8. The summed E-state index contributed by atoms with van der Waals surface area (Å²) in [6.07, 6.45) is 2.66. The highest BCUT2D eigenvalue weighted by Gasteiger charge is 2.19. The average Bonchev–Trinajstić information content (AvgIpc) is 3.52. The molecule has 0 spiro atoms. The van der Waals surface area contributed by atoms with Gasteiger partial charge in [0.25, 0.3) is 0 Å². The van der Waals surface area contributed by atoms with Crippen molar-refractivity contribution in [3.63, 3.8) is 0 Å². The fraction of sp³-hybridized carbons (Fsp3) is 0.306. The molecule has 0 bridgehead atoms. The summed E-state index contributed by atoms with van der Waals surface area (Å²) in [5.41, 5.74) is 4.61. The molecule has 0 fully saturated rings. The molecule has 1 aliphatic rings. The predicted molar refractivity (Wildman–Crippen MR) is 174 cm³/mol. The van der Waals surface area contributed by atoms with Crippen molar-refractivity contribution in [1.29, 1.82) is 0 Å². The van der Waals surface area contributed by atoms with Crippen molar-refractivity contribution >= 4 is 17.7 Å². The summed E-state index contributed by atoms with van der Waals surface area (Å²) < 4.78 is 22.3. The van der Waals surface area contributed by atoms with Crippen LogP contribution in [0.5, 0.6) is 17.4 Å².